The van der Waals surface area contributed by atoms with Crippen molar-refractivity contribution in [2.75, 3.05) is 18.4 Å². The molecule has 0 saturated heterocycles. The first kappa shape index (κ1) is 19.1. The predicted octanol–water partition coefficient (Wildman–Crippen LogP) is 3.71. The van der Waals surface area contributed by atoms with Crippen LogP contribution in [-0.2, 0) is 11.0 Å². The molecule has 1 aliphatic rings. The molecule has 1 aromatic heterocycles. The molecule has 0 spiro atoms. The van der Waals surface area contributed by atoms with E-state index < -0.39 is 23.4 Å². The Hall–Kier alpha value is -2.71. The lowest BCUT2D eigenvalue weighted by molar-refractivity contribution is -0.137. The molecule has 2 atom stereocenters. The van der Waals surface area contributed by atoms with E-state index in [1.807, 2.05) is 0 Å². The normalized spacial score (nSPS) is 18.9. The summed E-state index contributed by atoms with van der Waals surface area (Å²) in [5.41, 5.74) is -0.250. The van der Waals surface area contributed by atoms with E-state index in [1.54, 1.807) is 0 Å². The molecule has 9 heteroatoms. The summed E-state index contributed by atoms with van der Waals surface area (Å²) in [6.07, 6.45) is -3.14. The molecule has 1 aromatic carbocycles. The highest BCUT2D eigenvalue weighted by atomic mass is 19.4. The smallest absolute Gasteiger partial charge is 0.368 e. The predicted molar refractivity (Wildman–Crippen MR) is 87.9 cm³/mol. The molecule has 4 nitrogen and oxygen atoms in total. The van der Waals surface area contributed by atoms with Crippen molar-refractivity contribution < 1.29 is 26.7 Å². The van der Waals surface area contributed by atoms with Gasteiger partial charge in [0.05, 0.1) is 5.56 Å². The summed E-state index contributed by atoms with van der Waals surface area (Å²) in [4.78, 5) is 15.7. The fourth-order valence-electron chi connectivity index (χ4n) is 2.77. The van der Waals surface area contributed by atoms with Crippen molar-refractivity contribution in [3.63, 3.8) is 0 Å². The van der Waals surface area contributed by atoms with Crippen LogP contribution in [-0.4, -0.2) is 24.0 Å². The number of amides is 1. The lowest BCUT2D eigenvalue weighted by atomic mass is 10.1. The van der Waals surface area contributed by atoms with Crippen LogP contribution < -0.4 is 10.6 Å². The molecule has 1 amide bonds. The molecule has 0 radical (unpaired) electrons. The number of anilines is 1. The summed E-state index contributed by atoms with van der Waals surface area (Å²) in [7, 11) is 0. The fourth-order valence-corrected chi connectivity index (χ4v) is 2.77. The van der Waals surface area contributed by atoms with Crippen LogP contribution in [0, 0.1) is 17.6 Å². The van der Waals surface area contributed by atoms with Gasteiger partial charge in [-0.2, -0.15) is 13.2 Å². The average molecular weight is 385 g/mol. The summed E-state index contributed by atoms with van der Waals surface area (Å²) in [6, 6.07) is 5.74. The Kier molecular flexibility index (Phi) is 5.29. The lowest BCUT2D eigenvalue weighted by Gasteiger charge is -2.09. The molecule has 3 rings (SSSR count). The number of alkyl halides is 3. The van der Waals surface area contributed by atoms with Crippen molar-refractivity contribution >= 4 is 11.7 Å². The number of nitrogens with zero attached hydrogens (tertiary/aromatic N) is 1. The summed E-state index contributed by atoms with van der Waals surface area (Å²) in [5, 5.41) is 5.51. The number of benzene rings is 1. The van der Waals surface area contributed by atoms with Gasteiger partial charge in [0.1, 0.15) is 5.82 Å². The third kappa shape index (κ3) is 4.72. The number of hydrogen-bond donors (Lipinski definition) is 2. The molecule has 2 N–H and O–H groups in total. The second kappa shape index (κ2) is 7.50. The Morgan fingerprint density at radius 2 is 1.89 bits per heavy atom. The molecule has 0 aliphatic heterocycles. The minimum Gasteiger partial charge on any atom is -0.368 e. The molecule has 1 fully saturated rings. The molecule has 0 bridgehead atoms. The van der Waals surface area contributed by atoms with Gasteiger partial charge in [-0.3, -0.25) is 4.79 Å². The molecule has 2 aromatic rings. The molecular formula is C18H16F5N3O. The van der Waals surface area contributed by atoms with Gasteiger partial charge in [-0.1, -0.05) is 6.07 Å². The van der Waals surface area contributed by atoms with Crippen LogP contribution in [0.2, 0.25) is 0 Å². The highest BCUT2D eigenvalue weighted by Gasteiger charge is 2.44. The maximum Gasteiger partial charge on any atom is 0.417 e. The van der Waals surface area contributed by atoms with Crippen LogP contribution in [0.5, 0.6) is 0 Å². The first-order valence-electron chi connectivity index (χ1n) is 8.25. The maximum absolute atomic E-state index is 13.2. The SMILES string of the molecule is O=C(NCCNc1ccc(C(F)(F)F)cn1)C1CC1c1ccc(F)c(F)c1. The summed E-state index contributed by atoms with van der Waals surface area (Å²) >= 11 is 0. The van der Waals surface area contributed by atoms with Crippen molar-refractivity contribution in [2.45, 2.75) is 18.5 Å². The van der Waals surface area contributed by atoms with Gasteiger partial charge in [-0.05, 0) is 42.2 Å². The summed E-state index contributed by atoms with van der Waals surface area (Å²) in [5.74, 6) is -2.23. The highest BCUT2D eigenvalue weighted by Crippen LogP contribution is 2.47. The van der Waals surface area contributed by atoms with Crippen molar-refractivity contribution in [1.82, 2.24) is 10.3 Å². The van der Waals surface area contributed by atoms with Gasteiger partial charge in [-0.15, -0.1) is 0 Å². The van der Waals surface area contributed by atoms with Crippen LogP contribution >= 0.6 is 0 Å². The van der Waals surface area contributed by atoms with E-state index in [4.69, 9.17) is 0 Å². The minimum atomic E-state index is -4.44. The van der Waals surface area contributed by atoms with Crippen molar-refractivity contribution in [2.24, 2.45) is 5.92 Å². The minimum absolute atomic E-state index is 0.135. The van der Waals surface area contributed by atoms with Gasteiger partial charge in [0.2, 0.25) is 5.91 Å². The largest absolute Gasteiger partial charge is 0.417 e. The Morgan fingerprint density at radius 3 is 2.52 bits per heavy atom. The number of rotatable bonds is 6. The molecule has 1 saturated carbocycles. The number of nitrogens with one attached hydrogen (secondary N) is 2. The Labute approximate surface area is 151 Å². The van der Waals surface area contributed by atoms with Gasteiger partial charge >= 0.3 is 6.18 Å². The first-order chi connectivity index (χ1) is 12.8. The zero-order valence-electron chi connectivity index (χ0n) is 14.0. The molecule has 144 valence electrons. The molecule has 1 aliphatic carbocycles. The number of carbonyl (C=O) groups is 1. The second-order valence-corrected chi connectivity index (χ2v) is 6.27. The third-order valence-electron chi connectivity index (χ3n) is 4.32. The monoisotopic (exact) mass is 385 g/mol. The Balaban J connectivity index is 1.41. The summed E-state index contributed by atoms with van der Waals surface area (Å²) in [6.45, 7) is 0.537. The van der Waals surface area contributed by atoms with Crippen molar-refractivity contribution in [3.8, 4) is 0 Å². The van der Waals surface area contributed by atoms with E-state index in [1.165, 1.54) is 12.1 Å². The van der Waals surface area contributed by atoms with Crippen LogP contribution in [0.15, 0.2) is 36.5 Å². The molecule has 27 heavy (non-hydrogen) atoms. The Bertz CT molecular complexity index is 823. The molecule has 1 heterocycles. The number of halogens is 5. The summed E-state index contributed by atoms with van der Waals surface area (Å²) < 4.78 is 63.5. The van der Waals surface area contributed by atoms with Gasteiger partial charge in [0, 0.05) is 25.2 Å². The quantitative estimate of drug-likeness (QED) is 0.589. The number of pyridine rings is 1. The van der Waals surface area contributed by atoms with Crippen molar-refractivity contribution in [1.29, 1.82) is 0 Å². The number of carbonyl (C=O) groups excluding carboxylic acids is 1. The van der Waals surface area contributed by atoms with Gasteiger partial charge in [-0.25, -0.2) is 13.8 Å². The van der Waals surface area contributed by atoms with E-state index in [0.29, 0.717) is 12.0 Å². The van der Waals surface area contributed by atoms with E-state index in [2.05, 4.69) is 15.6 Å². The van der Waals surface area contributed by atoms with Gasteiger partial charge in [0.25, 0.3) is 0 Å². The van der Waals surface area contributed by atoms with Gasteiger partial charge < -0.3 is 10.6 Å². The fraction of sp³-hybridized carbons (Fsp3) is 0.333. The average Bonchev–Trinajstić information content (AvgIpc) is 3.41. The van der Waals surface area contributed by atoms with Gasteiger partial charge in [0.15, 0.2) is 11.6 Å². The van der Waals surface area contributed by atoms with Crippen molar-refractivity contribution in [3.05, 3.63) is 59.3 Å². The molecule has 2 unspecified atom stereocenters. The zero-order valence-corrected chi connectivity index (χ0v) is 14.0. The van der Waals surface area contributed by atoms with E-state index in [0.717, 1.165) is 24.4 Å². The topological polar surface area (TPSA) is 54.0 Å². The molecular weight excluding hydrogens is 369 g/mol. The van der Waals surface area contributed by atoms with Crippen LogP contribution in [0.25, 0.3) is 0 Å². The first-order valence-corrected chi connectivity index (χ1v) is 8.25. The second-order valence-electron chi connectivity index (χ2n) is 6.27. The van der Waals surface area contributed by atoms with Crippen LogP contribution in [0.4, 0.5) is 27.8 Å². The van der Waals surface area contributed by atoms with E-state index in [-0.39, 0.29) is 36.7 Å². The highest BCUT2D eigenvalue weighted by molar-refractivity contribution is 5.82. The Morgan fingerprint density at radius 1 is 1.11 bits per heavy atom. The van der Waals surface area contributed by atoms with E-state index >= 15 is 0 Å². The standard InChI is InChI=1S/C18H16F5N3O/c19-14-3-1-10(7-15(14)20)12-8-13(12)17(27)25-6-5-24-16-4-2-11(9-26-16)18(21,22)23/h1-4,7,9,12-13H,5-6,8H2,(H,24,26)(H,25,27). The lowest BCUT2D eigenvalue weighted by Crippen LogP contribution is -2.30. The third-order valence-corrected chi connectivity index (χ3v) is 4.32. The number of aromatic nitrogens is 1. The van der Waals surface area contributed by atoms with E-state index in [9.17, 15) is 26.7 Å². The number of hydrogen-bond acceptors (Lipinski definition) is 3. The van der Waals surface area contributed by atoms with Crippen LogP contribution in [0.3, 0.4) is 0 Å². The zero-order chi connectivity index (χ0) is 19.6. The van der Waals surface area contributed by atoms with Crippen LogP contribution in [0.1, 0.15) is 23.5 Å². The maximum atomic E-state index is 13.2.